The molecule has 0 rings (SSSR count). The Morgan fingerprint density at radius 2 is 0.818 bits per heavy atom. The van der Waals surface area contributed by atoms with Crippen LogP contribution < -0.4 is 0 Å². The van der Waals surface area contributed by atoms with Gasteiger partial charge in [-0.2, -0.15) is 9.90 Å². The molecule has 0 amide bonds. The maximum Gasteiger partial charge on any atom is 0 e. The van der Waals surface area contributed by atoms with E-state index in [1.807, 2.05) is 28.2 Å². The van der Waals surface area contributed by atoms with Gasteiger partial charge >= 0.3 is 0 Å². The standard InChI is InChI=1S/B10.H3P/c1-3-5-7-9-10-8-6-4-2;/h;1H3. The van der Waals surface area contributed by atoms with Crippen molar-refractivity contribution >= 4 is 81.9 Å². The third-order valence-corrected chi connectivity index (χ3v) is 0.778. The Kier molecular flexibility index (Phi) is 18.1. The fourth-order valence-electron chi connectivity index (χ4n) is 0.385. The van der Waals surface area contributed by atoms with Gasteiger partial charge in [-0.05, 0) is 0 Å². The van der Waals surface area contributed by atoms with Crippen LogP contribution in [0.25, 0.3) is 0 Å². The lowest BCUT2D eigenvalue weighted by atomic mass is 8.89. The van der Waals surface area contributed by atoms with Crippen molar-refractivity contribution in [3.8, 4) is 0 Å². The summed E-state index contributed by atoms with van der Waals surface area (Å²) in [5.41, 5.74) is 0. The van der Waals surface area contributed by atoms with Crippen LogP contribution in [0.2, 0.25) is 0 Å². The molecular weight excluding hydrogens is 139 g/mol. The van der Waals surface area contributed by atoms with Crippen LogP contribution in [0.1, 0.15) is 0 Å². The molecule has 0 fully saturated rings. The average molecular weight is 142 g/mol. The van der Waals surface area contributed by atoms with Crippen LogP contribution in [0.4, 0.5) is 0 Å². The van der Waals surface area contributed by atoms with Crippen LogP contribution in [0.15, 0.2) is 0 Å². The lowest BCUT2D eigenvalue weighted by Gasteiger charge is -1.92. The highest BCUT2D eigenvalue weighted by Gasteiger charge is 1.92. The largest absolute Gasteiger partial charge is 0.153 e. The van der Waals surface area contributed by atoms with E-state index < -0.39 is 0 Å². The van der Waals surface area contributed by atoms with E-state index in [0.717, 1.165) is 0 Å². The summed E-state index contributed by atoms with van der Waals surface area (Å²) < 4.78 is 0. The fourth-order valence-corrected chi connectivity index (χ4v) is 0.385. The Hall–Kier alpha value is 1.08. The minimum atomic E-state index is 0. The van der Waals surface area contributed by atoms with Crippen molar-refractivity contribution in [3.05, 3.63) is 0 Å². The molecule has 1 atom stereocenters. The maximum atomic E-state index is 5.08. The Morgan fingerprint density at radius 3 is 1.09 bits per heavy atom. The smallest absolute Gasteiger partial charge is 0 e. The molecule has 0 bridgehead atoms. The fraction of sp³-hybridized carbons (Fsp3) is 0. The van der Waals surface area contributed by atoms with Gasteiger partial charge in [0, 0.05) is 72.0 Å². The first-order valence-electron chi connectivity index (χ1n) is 3.00. The molecule has 12 radical (unpaired) electrons. The van der Waals surface area contributed by atoms with Gasteiger partial charge in [0.05, 0.1) is 0 Å². The Labute approximate surface area is 82.2 Å². The number of hydrogen-bond donors (Lipinski definition) is 0. The molecule has 0 saturated carbocycles. The van der Waals surface area contributed by atoms with Crippen LogP contribution in [0.5, 0.6) is 0 Å². The first kappa shape index (κ1) is 14.6. The molecule has 11 heteroatoms. The van der Waals surface area contributed by atoms with Crippen molar-refractivity contribution in [2.75, 3.05) is 0 Å². The molecule has 1 unspecified atom stereocenters. The van der Waals surface area contributed by atoms with Crippen LogP contribution in [0, 0.1) is 0 Å². The zero-order chi connectivity index (χ0) is 7.66. The summed E-state index contributed by atoms with van der Waals surface area (Å²) >= 11 is 0. The molecule has 0 aromatic heterocycles. The summed E-state index contributed by atoms with van der Waals surface area (Å²) in [6, 6.07) is 0. The van der Waals surface area contributed by atoms with E-state index in [1.165, 1.54) is 14.1 Å². The molecule has 38 valence electrons. The maximum absolute atomic E-state index is 5.08. The quantitative estimate of drug-likeness (QED) is 0.195. The highest BCUT2D eigenvalue weighted by atomic mass is 31.0. The van der Waals surface area contributed by atoms with Crippen molar-refractivity contribution in [3.63, 3.8) is 0 Å². The van der Waals surface area contributed by atoms with Crippen molar-refractivity contribution in [1.82, 2.24) is 0 Å². The Morgan fingerprint density at radius 1 is 0.545 bits per heavy atom. The number of rotatable bonds is 7. The molecule has 0 aliphatic heterocycles. The predicted molar refractivity (Wildman–Crippen MR) is 68.6 cm³/mol. The van der Waals surface area contributed by atoms with E-state index in [1.54, 1.807) is 14.1 Å². The lowest BCUT2D eigenvalue weighted by molar-refractivity contribution is 3.84. The van der Waals surface area contributed by atoms with Crippen molar-refractivity contribution in [2.24, 2.45) is 0 Å². The zero-order valence-electron chi connectivity index (χ0n) is 6.48. The van der Waals surface area contributed by atoms with Gasteiger partial charge in [0.25, 0.3) is 0 Å². The second kappa shape index (κ2) is 13.7. The first-order valence-corrected chi connectivity index (χ1v) is 3.00. The summed E-state index contributed by atoms with van der Waals surface area (Å²) in [7, 11) is 24.0. The molecule has 11 heavy (non-hydrogen) atoms. The second-order valence-corrected chi connectivity index (χ2v) is 1.54. The number of hydrogen-bond acceptors (Lipinski definition) is 0. The van der Waals surface area contributed by atoms with Gasteiger partial charge in [-0.1, -0.05) is 0 Å². The molecule has 0 heterocycles. The summed E-state index contributed by atoms with van der Waals surface area (Å²) in [5, 5.41) is 0. The van der Waals surface area contributed by atoms with Gasteiger partial charge in [-0.3, -0.25) is 0 Å². The first-order chi connectivity index (χ1) is 4.91. The molecule has 0 aromatic rings. The van der Waals surface area contributed by atoms with Crippen molar-refractivity contribution < 1.29 is 0 Å². The Balaban J connectivity index is 0. The third kappa shape index (κ3) is 14.0. The van der Waals surface area contributed by atoms with E-state index in [0.29, 0.717) is 0 Å². The topological polar surface area (TPSA) is 0 Å². The van der Waals surface area contributed by atoms with Gasteiger partial charge in [-0.15, -0.1) is 0 Å². The Bertz CT molecular complexity index is 44.8. The molecular formula is H3B10P. The molecule has 0 aliphatic rings. The minimum absolute atomic E-state index is 0. The van der Waals surface area contributed by atoms with Crippen LogP contribution in [0.3, 0.4) is 0 Å². The summed E-state index contributed by atoms with van der Waals surface area (Å²) in [5.74, 6) is 0. The van der Waals surface area contributed by atoms with E-state index in [2.05, 4.69) is 0 Å². The predicted octanol–water partition coefficient (Wildman–Crippen LogP) is -3.75. The monoisotopic (exact) mass is 144 g/mol. The van der Waals surface area contributed by atoms with Crippen LogP contribution >= 0.6 is 9.90 Å². The van der Waals surface area contributed by atoms with Crippen molar-refractivity contribution in [1.29, 1.82) is 0 Å². The summed E-state index contributed by atoms with van der Waals surface area (Å²) in [6.45, 7) is 0. The second-order valence-electron chi connectivity index (χ2n) is 1.54. The van der Waals surface area contributed by atoms with Gasteiger partial charge < -0.3 is 0 Å². The molecule has 0 aliphatic carbocycles. The molecule has 0 aromatic carbocycles. The van der Waals surface area contributed by atoms with Gasteiger partial charge in [0.15, 0.2) is 0 Å². The molecule has 0 N–H and O–H groups in total. The van der Waals surface area contributed by atoms with Crippen LogP contribution in [-0.4, -0.2) is 72.0 Å². The normalized spacial score (nSPS) is 6.18. The molecule has 0 nitrogen and oxygen atoms in total. The highest BCUT2D eigenvalue weighted by Crippen LogP contribution is 1.54. The van der Waals surface area contributed by atoms with Crippen LogP contribution in [-0.2, 0) is 0 Å². The minimum Gasteiger partial charge on any atom is -0.153 e. The summed E-state index contributed by atoms with van der Waals surface area (Å²) in [4.78, 5) is 0. The SMILES string of the molecule is P.[B][B][B][B][B][B][B][B][B][B]. The zero-order valence-corrected chi connectivity index (χ0v) is 7.89. The van der Waals surface area contributed by atoms with Gasteiger partial charge in [0.2, 0.25) is 0 Å². The van der Waals surface area contributed by atoms with E-state index in [9.17, 15) is 0 Å². The lowest BCUT2D eigenvalue weighted by Crippen LogP contribution is -2.30. The third-order valence-electron chi connectivity index (χ3n) is 0.778. The van der Waals surface area contributed by atoms with Gasteiger partial charge in [-0.25, -0.2) is 0 Å². The van der Waals surface area contributed by atoms with Crippen molar-refractivity contribution in [2.45, 2.75) is 0 Å². The molecule has 0 spiro atoms. The molecule has 0 saturated heterocycles. The summed E-state index contributed by atoms with van der Waals surface area (Å²) in [6.07, 6.45) is 0. The average Bonchev–Trinajstić information content (AvgIpc) is 1.97. The van der Waals surface area contributed by atoms with Gasteiger partial charge in [0.1, 0.15) is 0 Å². The van der Waals surface area contributed by atoms with E-state index in [4.69, 9.17) is 15.5 Å². The van der Waals surface area contributed by atoms with E-state index >= 15 is 0 Å². The highest BCUT2D eigenvalue weighted by molar-refractivity contribution is 7.68. The van der Waals surface area contributed by atoms with E-state index in [-0.39, 0.29) is 9.90 Å².